The predicted octanol–water partition coefficient (Wildman–Crippen LogP) is 5.54. The largest absolute Gasteiger partial charge is 0.464 e. The van der Waals surface area contributed by atoms with E-state index in [2.05, 4.69) is 29.1 Å². The molecule has 4 rings (SSSR count). The maximum Gasteiger partial charge on any atom is 0.328 e. The number of ketones is 1. The minimum absolute atomic E-state index is 0.148. The smallest absolute Gasteiger partial charge is 0.328 e. The fraction of sp³-hybridized carbons (Fsp3) is 0.379. The molecule has 7 nitrogen and oxygen atoms in total. The topological polar surface area (TPSA) is 90.4 Å². The van der Waals surface area contributed by atoms with Gasteiger partial charge in [0.1, 0.15) is 11.8 Å². The van der Waals surface area contributed by atoms with Crippen molar-refractivity contribution in [2.75, 3.05) is 6.61 Å². The maximum absolute atomic E-state index is 12.8. The molecule has 0 unspecified atom stereocenters. The quantitative estimate of drug-likeness (QED) is 0.336. The SMILES string of the molecule is CCCC1(CCC)C(=O)C=C1N[C@@H](Cc1ccc(Oc2nccc3ccncc23)cc1)C(=O)OCC. The Hall–Kier alpha value is -3.74. The minimum atomic E-state index is -0.588. The van der Waals surface area contributed by atoms with Gasteiger partial charge in [-0.15, -0.1) is 0 Å². The Balaban J connectivity index is 1.50. The van der Waals surface area contributed by atoms with Crippen molar-refractivity contribution >= 4 is 22.5 Å². The second-order valence-electron chi connectivity index (χ2n) is 9.12. The molecule has 0 radical (unpaired) electrons. The fourth-order valence-corrected chi connectivity index (χ4v) is 4.87. The van der Waals surface area contributed by atoms with Crippen LogP contribution in [0, 0.1) is 5.41 Å². The Morgan fingerprint density at radius 3 is 2.42 bits per heavy atom. The monoisotopic (exact) mass is 487 g/mol. The van der Waals surface area contributed by atoms with Crippen LogP contribution < -0.4 is 10.1 Å². The van der Waals surface area contributed by atoms with Gasteiger partial charge in [0.2, 0.25) is 5.88 Å². The first kappa shape index (κ1) is 25.4. The highest BCUT2D eigenvalue weighted by molar-refractivity contribution is 6.05. The molecule has 1 N–H and O–H groups in total. The Labute approximate surface area is 211 Å². The lowest BCUT2D eigenvalue weighted by Gasteiger charge is -2.42. The number of nitrogens with one attached hydrogen (secondary N) is 1. The van der Waals surface area contributed by atoms with Gasteiger partial charge in [-0.1, -0.05) is 38.8 Å². The number of carbonyl (C=O) groups excluding carboxylic acids is 2. The Morgan fingerprint density at radius 2 is 1.75 bits per heavy atom. The second-order valence-corrected chi connectivity index (χ2v) is 9.12. The highest BCUT2D eigenvalue weighted by Gasteiger charge is 2.47. The normalized spacial score (nSPS) is 15.1. The van der Waals surface area contributed by atoms with E-state index in [0.717, 1.165) is 47.7 Å². The van der Waals surface area contributed by atoms with E-state index in [1.165, 1.54) is 0 Å². The van der Waals surface area contributed by atoms with Crippen molar-refractivity contribution < 1.29 is 19.1 Å². The van der Waals surface area contributed by atoms with Crippen molar-refractivity contribution in [3.8, 4) is 11.6 Å². The summed E-state index contributed by atoms with van der Waals surface area (Å²) in [5.74, 6) is 0.951. The number of fused-ring (bicyclic) bond motifs is 1. The highest BCUT2D eigenvalue weighted by Crippen LogP contribution is 2.44. The third kappa shape index (κ3) is 5.25. The molecule has 188 valence electrons. The second kappa shape index (κ2) is 11.3. The number of ether oxygens (including phenoxy) is 2. The van der Waals surface area contributed by atoms with Crippen LogP contribution >= 0.6 is 0 Å². The molecule has 1 atom stereocenters. The molecule has 2 heterocycles. The number of rotatable bonds is 12. The lowest BCUT2D eigenvalue weighted by Crippen LogP contribution is -2.51. The molecule has 1 aliphatic carbocycles. The summed E-state index contributed by atoms with van der Waals surface area (Å²) in [5.41, 5.74) is 1.29. The Kier molecular flexibility index (Phi) is 7.98. The van der Waals surface area contributed by atoms with Gasteiger partial charge in [-0.3, -0.25) is 9.78 Å². The van der Waals surface area contributed by atoms with Crippen LogP contribution in [0.25, 0.3) is 10.8 Å². The van der Waals surface area contributed by atoms with Crippen molar-refractivity contribution in [1.29, 1.82) is 0 Å². The van der Waals surface area contributed by atoms with Crippen molar-refractivity contribution in [3.63, 3.8) is 0 Å². The zero-order valence-electron chi connectivity index (χ0n) is 21.1. The van der Waals surface area contributed by atoms with Crippen LogP contribution in [0.4, 0.5) is 0 Å². The summed E-state index contributed by atoms with van der Waals surface area (Å²) in [7, 11) is 0. The lowest BCUT2D eigenvalue weighted by molar-refractivity contribution is -0.146. The van der Waals surface area contributed by atoms with Crippen LogP contribution in [0.1, 0.15) is 52.0 Å². The number of hydrogen-bond acceptors (Lipinski definition) is 7. The van der Waals surface area contributed by atoms with Gasteiger partial charge >= 0.3 is 5.97 Å². The minimum Gasteiger partial charge on any atom is -0.464 e. The van der Waals surface area contributed by atoms with Gasteiger partial charge in [-0.05, 0) is 55.0 Å². The molecule has 1 aromatic carbocycles. The molecule has 0 aliphatic heterocycles. The van der Waals surface area contributed by atoms with Crippen LogP contribution in [-0.4, -0.2) is 34.4 Å². The molecule has 0 amide bonds. The number of hydrogen-bond donors (Lipinski definition) is 1. The average Bonchev–Trinajstić information content (AvgIpc) is 2.89. The van der Waals surface area contributed by atoms with Gasteiger partial charge < -0.3 is 14.8 Å². The van der Waals surface area contributed by atoms with Crippen molar-refractivity contribution in [3.05, 3.63) is 72.3 Å². The van der Waals surface area contributed by atoms with E-state index >= 15 is 0 Å². The molecule has 0 saturated carbocycles. The van der Waals surface area contributed by atoms with Gasteiger partial charge in [0, 0.05) is 36.8 Å². The summed E-state index contributed by atoms with van der Waals surface area (Å²) in [6.45, 7) is 6.25. The molecule has 0 bridgehead atoms. The van der Waals surface area contributed by atoms with Crippen molar-refractivity contribution in [2.45, 2.75) is 58.9 Å². The van der Waals surface area contributed by atoms with Crippen LogP contribution in [0.3, 0.4) is 0 Å². The van der Waals surface area contributed by atoms with Crippen LogP contribution in [0.2, 0.25) is 0 Å². The van der Waals surface area contributed by atoms with Gasteiger partial charge in [-0.2, -0.15) is 0 Å². The number of allylic oxidation sites excluding steroid dienone is 2. The highest BCUT2D eigenvalue weighted by atomic mass is 16.5. The first-order valence-corrected chi connectivity index (χ1v) is 12.7. The van der Waals surface area contributed by atoms with E-state index in [4.69, 9.17) is 9.47 Å². The number of aromatic nitrogens is 2. The van der Waals surface area contributed by atoms with Gasteiger partial charge in [0.15, 0.2) is 5.78 Å². The van der Waals surface area contributed by atoms with E-state index in [9.17, 15) is 9.59 Å². The average molecular weight is 488 g/mol. The zero-order valence-corrected chi connectivity index (χ0v) is 21.1. The fourth-order valence-electron chi connectivity index (χ4n) is 4.87. The van der Waals surface area contributed by atoms with Crippen LogP contribution in [-0.2, 0) is 20.7 Å². The zero-order chi connectivity index (χ0) is 25.5. The molecular formula is C29H33N3O4. The Bertz CT molecular complexity index is 1240. The van der Waals surface area contributed by atoms with E-state index in [1.807, 2.05) is 36.4 Å². The summed E-state index contributed by atoms with van der Waals surface area (Å²) in [5, 5.41) is 5.21. The summed E-state index contributed by atoms with van der Waals surface area (Å²) in [6.07, 6.45) is 10.6. The molecular weight excluding hydrogens is 454 g/mol. The lowest BCUT2D eigenvalue weighted by atomic mass is 9.65. The molecule has 3 aromatic rings. The number of pyridine rings is 2. The van der Waals surface area contributed by atoms with Crippen molar-refractivity contribution in [1.82, 2.24) is 15.3 Å². The number of esters is 1. The van der Waals surface area contributed by atoms with Crippen LogP contribution in [0.15, 0.2) is 66.8 Å². The molecule has 2 aromatic heterocycles. The van der Waals surface area contributed by atoms with Gasteiger partial charge in [-0.25, -0.2) is 9.78 Å². The summed E-state index contributed by atoms with van der Waals surface area (Å²) in [6, 6.07) is 10.8. The third-order valence-electron chi connectivity index (χ3n) is 6.63. The molecule has 0 fully saturated rings. The number of nitrogens with zero attached hydrogens (tertiary/aromatic N) is 2. The summed E-state index contributed by atoms with van der Waals surface area (Å²) < 4.78 is 11.4. The van der Waals surface area contributed by atoms with Gasteiger partial charge in [0.25, 0.3) is 0 Å². The summed E-state index contributed by atoms with van der Waals surface area (Å²) >= 11 is 0. The van der Waals surface area contributed by atoms with Crippen molar-refractivity contribution in [2.24, 2.45) is 5.41 Å². The van der Waals surface area contributed by atoms with E-state index in [-0.39, 0.29) is 11.8 Å². The first-order chi connectivity index (χ1) is 17.5. The van der Waals surface area contributed by atoms with E-state index < -0.39 is 11.5 Å². The van der Waals surface area contributed by atoms with Crippen LogP contribution in [0.5, 0.6) is 11.6 Å². The molecule has 1 aliphatic rings. The molecule has 0 spiro atoms. The Morgan fingerprint density at radius 1 is 1.03 bits per heavy atom. The van der Waals surface area contributed by atoms with E-state index in [1.54, 1.807) is 31.6 Å². The predicted molar refractivity (Wildman–Crippen MR) is 139 cm³/mol. The molecule has 36 heavy (non-hydrogen) atoms. The summed E-state index contributed by atoms with van der Waals surface area (Å²) in [4.78, 5) is 33.9. The molecule has 7 heteroatoms. The molecule has 0 saturated heterocycles. The van der Waals surface area contributed by atoms with Gasteiger partial charge in [0.05, 0.1) is 17.4 Å². The third-order valence-corrected chi connectivity index (χ3v) is 6.63. The maximum atomic E-state index is 12.8. The standard InChI is InChI=1S/C29H33N3O4/c1-4-13-29(14-5-2)25(18-26(29)33)32-24(28(34)35-6-3)17-20-7-9-22(10-8-20)36-27-23-19-30-15-11-21(23)12-16-31-27/h7-12,15-16,18-19,24,32H,4-6,13-14,17H2,1-3H3/t24-/m0/s1. The number of carbonyl (C=O) groups is 2. The number of benzene rings is 1. The van der Waals surface area contributed by atoms with E-state index in [0.29, 0.717) is 24.7 Å². The first-order valence-electron chi connectivity index (χ1n) is 12.7.